The molecule has 89 heavy (non-hydrogen) atoms. The number of anilines is 6. The van der Waals surface area contributed by atoms with Gasteiger partial charge < -0.3 is 18.9 Å². The second-order valence-corrected chi connectivity index (χ2v) is 23.7. The van der Waals surface area contributed by atoms with Crippen LogP contribution in [0.25, 0.3) is 111 Å². The van der Waals surface area contributed by atoms with Crippen LogP contribution in [-0.2, 0) is 5.41 Å². The predicted octanol–water partition coefficient (Wildman–Crippen LogP) is 22.1. The van der Waals surface area contributed by atoms with Crippen LogP contribution in [0.1, 0.15) is 25.0 Å². The van der Waals surface area contributed by atoms with Crippen LogP contribution >= 0.6 is 0 Å². The van der Waals surface area contributed by atoms with Crippen molar-refractivity contribution in [2.45, 2.75) is 19.3 Å². The van der Waals surface area contributed by atoms with E-state index < -0.39 is 0 Å². The van der Waals surface area contributed by atoms with Gasteiger partial charge in [-0.05, 0) is 161 Å². The van der Waals surface area contributed by atoms with Crippen LogP contribution in [0.4, 0.5) is 34.1 Å². The highest BCUT2D eigenvalue weighted by atomic mass is 15.1. The van der Waals surface area contributed by atoms with Gasteiger partial charge in [-0.2, -0.15) is 0 Å². The number of para-hydroxylation sites is 7. The molecule has 0 fully saturated rings. The Bertz CT molecular complexity index is 5270. The Morgan fingerprint density at radius 2 is 0.640 bits per heavy atom. The van der Waals surface area contributed by atoms with E-state index in [9.17, 15) is 0 Å². The first-order valence-corrected chi connectivity index (χ1v) is 30.6. The number of aromatic nitrogens is 4. The molecule has 0 atom stereocenters. The van der Waals surface area contributed by atoms with E-state index in [1.54, 1.807) is 0 Å². The summed E-state index contributed by atoms with van der Waals surface area (Å²) in [7, 11) is 0. The molecular formula is C83H58N6. The Kier molecular flexibility index (Phi) is 12.1. The van der Waals surface area contributed by atoms with Crippen LogP contribution in [0.5, 0.6) is 0 Å². The lowest BCUT2D eigenvalue weighted by Crippen LogP contribution is -2.14. The second-order valence-electron chi connectivity index (χ2n) is 23.7. The van der Waals surface area contributed by atoms with Gasteiger partial charge in [-0.1, -0.05) is 196 Å². The highest BCUT2D eigenvalue weighted by molar-refractivity contribution is 6.10. The molecule has 1 aliphatic rings. The van der Waals surface area contributed by atoms with Crippen LogP contribution < -0.4 is 9.80 Å². The number of rotatable bonds is 11. The number of hydrogen-bond donors (Lipinski definition) is 0. The van der Waals surface area contributed by atoms with Gasteiger partial charge in [-0.3, -0.25) is 0 Å². The average molecular weight is 1140 g/mol. The molecule has 3 heterocycles. The minimum atomic E-state index is -0.153. The van der Waals surface area contributed by atoms with Gasteiger partial charge in [0.1, 0.15) is 0 Å². The van der Waals surface area contributed by atoms with Crippen molar-refractivity contribution >= 4 is 88.8 Å². The zero-order chi connectivity index (χ0) is 59.2. The van der Waals surface area contributed by atoms with Gasteiger partial charge in [0.2, 0.25) is 0 Å². The topological polar surface area (TPSA) is 42.1 Å². The summed E-state index contributed by atoms with van der Waals surface area (Å²) in [4.78, 5) is 16.1. The molecule has 0 amide bonds. The standard InChI is InChI=1S/C83H58N6/c1-83(2)73-30-14-9-24-67(73)68-53-40-57(54-74(68)83)66-29-19-31-75-82(66)85-81(56-38-43-61(44-39-56)87(59-22-7-4-8-23-59)63-47-51-65(52-48-63)89-78-34-17-12-27-71(78)72-28-13-18-35-79(72)89)80(84-75)55-36-41-60(42-37-55)86(58-20-5-3-6-21-58)62-45-49-64(50-46-62)88-76-32-15-10-25-69(76)70-26-11-16-33-77(70)88/h3-54H,1-2H3. The summed E-state index contributed by atoms with van der Waals surface area (Å²) in [6, 6.07) is 114. The lowest BCUT2D eigenvalue weighted by atomic mass is 9.81. The van der Waals surface area contributed by atoms with Gasteiger partial charge in [0.05, 0.1) is 44.5 Å². The highest BCUT2D eigenvalue weighted by Gasteiger charge is 2.35. The van der Waals surface area contributed by atoms with Crippen molar-refractivity contribution in [1.29, 1.82) is 0 Å². The summed E-state index contributed by atoms with van der Waals surface area (Å²) in [5.41, 5.74) is 25.7. The zero-order valence-corrected chi connectivity index (χ0v) is 49.2. The fraction of sp³-hybridized carbons (Fsp3) is 0.0361. The molecule has 0 unspecified atom stereocenters. The molecule has 0 saturated carbocycles. The molecule has 6 nitrogen and oxygen atoms in total. The SMILES string of the molecule is CC1(C)c2ccccc2-c2ccc(-c3cccc4nc(-c5ccc(N(c6ccccc6)c6ccc(-n7c8ccccc8c8ccccc87)cc6)cc5)c(-c5ccc(N(c6ccccc6)c6ccc(-n7c8ccccc8c8ccccc87)cc6)cc5)nc34)cc21. The molecule has 1 aliphatic carbocycles. The van der Waals surface area contributed by atoms with Gasteiger partial charge in [-0.15, -0.1) is 0 Å². The van der Waals surface area contributed by atoms with Crippen molar-refractivity contribution in [3.63, 3.8) is 0 Å². The van der Waals surface area contributed by atoms with Crippen molar-refractivity contribution in [2.75, 3.05) is 9.80 Å². The van der Waals surface area contributed by atoms with Crippen molar-refractivity contribution in [3.05, 3.63) is 327 Å². The van der Waals surface area contributed by atoms with E-state index in [1.165, 1.54) is 65.9 Å². The molecule has 0 spiro atoms. The first kappa shape index (κ1) is 51.8. The number of hydrogen-bond acceptors (Lipinski definition) is 4. The van der Waals surface area contributed by atoms with E-state index in [-0.39, 0.29) is 5.41 Å². The normalized spacial score (nSPS) is 12.5. The maximum atomic E-state index is 5.76. The fourth-order valence-corrected chi connectivity index (χ4v) is 14.1. The zero-order valence-electron chi connectivity index (χ0n) is 49.2. The monoisotopic (exact) mass is 1140 g/mol. The van der Waals surface area contributed by atoms with Gasteiger partial charge >= 0.3 is 0 Å². The number of benzene rings is 13. The van der Waals surface area contributed by atoms with Gasteiger partial charge in [0.25, 0.3) is 0 Å². The van der Waals surface area contributed by atoms with Gasteiger partial charge in [0.15, 0.2) is 0 Å². The summed E-state index contributed by atoms with van der Waals surface area (Å²) < 4.78 is 4.74. The Labute approximate surface area is 516 Å². The lowest BCUT2D eigenvalue weighted by molar-refractivity contribution is 0.660. The molecular weight excluding hydrogens is 1080 g/mol. The molecule has 3 aromatic heterocycles. The Morgan fingerprint density at radius 1 is 0.281 bits per heavy atom. The molecule has 0 radical (unpaired) electrons. The number of nitrogens with zero attached hydrogens (tertiary/aromatic N) is 6. The Morgan fingerprint density at radius 3 is 1.11 bits per heavy atom. The molecule has 420 valence electrons. The van der Waals surface area contributed by atoms with E-state index >= 15 is 0 Å². The number of fused-ring (bicyclic) bond motifs is 10. The fourth-order valence-electron chi connectivity index (χ4n) is 14.1. The van der Waals surface area contributed by atoms with Crippen LogP contribution in [0, 0.1) is 0 Å². The largest absolute Gasteiger partial charge is 0.311 e. The van der Waals surface area contributed by atoms with Crippen LogP contribution in [0.2, 0.25) is 0 Å². The minimum absolute atomic E-state index is 0.153. The van der Waals surface area contributed by atoms with Gasteiger partial charge in [0, 0.05) is 89.1 Å². The van der Waals surface area contributed by atoms with E-state index in [2.05, 4.69) is 348 Å². The third kappa shape index (κ3) is 8.55. The smallest absolute Gasteiger partial charge is 0.0973 e. The molecule has 0 saturated heterocycles. The minimum Gasteiger partial charge on any atom is -0.311 e. The second kappa shape index (κ2) is 20.8. The van der Waals surface area contributed by atoms with Crippen LogP contribution in [-0.4, -0.2) is 19.1 Å². The van der Waals surface area contributed by atoms with E-state index in [4.69, 9.17) is 9.97 Å². The summed E-state index contributed by atoms with van der Waals surface area (Å²) in [6.07, 6.45) is 0. The molecule has 16 aromatic rings. The molecule has 0 N–H and O–H groups in total. The third-order valence-electron chi connectivity index (χ3n) is 18.3. The summed E-state index contributed by atoms with van der Waals surface area (Å²) in [5.74, 6) is 0. The van der Waals surface area contributed by atoms with Crippen molar-refractivity contribution in [3.8, 4) is 56.1 Å². The third-order valence-corrected chi connectivity index (χ3v) is 18.3. The summed E-state index contributed by atoms with van der Waals surface area (Å²) in [5, 5.41) is 4.98. The van der Waals surface area contributed by atoms with Crippen molar-refractivity contribution in [1.82, 2.24) is 19.1 Å². The predicted molar refractivity (Wildman–Crippen MR) is 371 cm³/mol. The Hall–Kier alpha value is -11.6. The van der Waals surface area contributed by atoms with Crippen molar-refractivity contribution in [2.24, 2.45) is 0 Å². The van der Waals surface area contributed by atoms with E-state index in [1.807, 2.05) is 0 Å². The quantitative estimate of drug-likeness (QED) is 0.129. The van der Waals surface area contributed by atoms with E-state index in [0.717, 1.165) is 90.2 Å². The Balaban J connectivity index is 0.776. The molecule has 0 bridgehead atoms. The maximum absolute atomic E-state index is 5.76. The van der Waals surface area contributed by atoms with Crippen molar-refractivity contribution < 1.29 is 0 Å². The summed E-state index contributed by atoms with van der Waals surface area (Å²) in [6.45, 7) is 4.68. The first-order valence-electron chi connectivity index (χ1n) is 30.6. The summed E-state index contributed by atoms with van der Waals surface area (Å²) >= 11 is 0. The first-order chi connectivity index (χ1) is 43.9. The van der Waals surface area contributed by atoms with E-state index in [0.29, 0.717) is 0 Å². The maximum Gasteiger partial charge on any atom is 0.0973 e. The average Bonchev–Trinajstić information content (AvgIpc) is 1.72. The highest BCUT2D eigenvalue weighted by Crippen LogP contribution is 2.50. The van der Waals surface area contributed by atoms with Gasteiger partial charge in [-0.25, -0.2) is 9.97 Å². The molecule has 13 aromatic carbocycles. The molecule has 6 heteroatoms. The molecule has 0 aliphatic heterocycles. The van der Waals surface area contributed by atoms with Crippen LogP contribution in [0.3, 0.4) is 0 Å². The molecule has 17 rings (SSSR count). The lowest BCUT2D eigenvalue weighted by Gasteiger charge is -2.26. The van der Waals surface area contributed by atoms with Crippen LogP contribution in [0.15, 0.2) is 315 Å².